The summed E-state index contributed by atoms with van der Waals surface area (Å²) in [5.41, 5.74) is 1.93. The van der Waals surface area contributed by atoms with Gasteiger partial charge in [-0.15, -0.1) is 0 Å². The van der Waals surface area contributed by atoms with Gasteiger partial charge in [-0.2, -0.15) is 0 Å². The molecule has 36 heavy (non-hydrogen) atoms. The molecule has 2 aromatic heterocycles. The van der Waals surface area contributed by atoms with Gasteiger partial charge in [-0.3, -0.25) is 0 Å². The Morgan fingerprint density at radius 1 is 1.08 bits per heavy atom. The Morgan fingerprint density at radius 3 is 2.64 bits per heavy atom. The number of amides is 2. The van der Waals surface area contributed by atoms with E-state index in [2.05, 4.69) is 28.0 Å². The van der Waals surface area contributed by atoms with Crippen molar-refractivity contribution >= 4 is 47.0 Å². The highest BCUT2D eigenvalue weighted by Gasteiger charge is 2.18. The molecule has 3 heterocycles. The van der Waals surface area contributed by atoms with Crippen LogP contribution in [0.5, 0.6) is 5.75 Å². The lowest BCUT2D eigenvalue weighted by Gasteiger charge is -2.27. The number of thiol groups is 1. The smallest absolute Gasteiger partial charge is 0.344 e. The van der Waals surface area contributed by atoms with Crippen LogP contribution in [-0.2, 0) is 4.74 Å². The van der Waals surface area contributed by atoms with E-state index < -0.39 is 11.7 Å². The number of nitrogens with zero attached hydrogens (tertiary/aromatic N) is 3. The van der Waals surface area contributed by atoms with Crippen molar-refractivity contribution in [1.29, 1.82) is 0 Å². The third-order valence-electron chi connectivity index (χ3n) is 5.89. The zero-order valence-electron chi connectivity index (χ0n) is 19.5. The standard InChI is InChI=1S/C26H24N4O5S/c1-33-23-15-19(7-8-20(23)21-14-17-4-2-3-5-22(17)35-25(21)31)30(36)26(32)28-18-6-9-24(27-16-18)29-10-12-34-13-11-29/h2-9,14-16,36H,10-13H2,1H3,(H,28,32). The van der Waals surface area contributed by atoms with Crippen LogP contribution in [0.15, 0.2) is 76.1 Å². The minimum absolute atomic E-state index is 0.360. The summed E-state index contributed by atoms with van der Waals surface area (Å²) in [6, 6.07) is 17.2. The van der Waals surface area contributed by atoms with Crippen LogP contribution < -0.4 is 24.9 Å². The molecular weight excluding hydrogens is 480 g/mol. The van der Waals surface area contributed by atoms with Crippen LogP contribution >= 0.6 is 12.8 Å². The number of para-hydroxylation sites is 1. The predicted octanol–water partition coefficient (Wildman–Crippen LogP) is 4.58. The molecule has 10 heteroatoms. The molecule has 1 aliphatic heterocycles. The van der Waals surface area contributed by atoms with Crippen LogP contribution in [0, 0.1) is 0 Å². The molecule has 0 saturated carbocycles. The molecule has 0 aliphatic carbocycles. The highest BCUT2D eigenvalue weighted by Crippen LogP contribution is 2.34. The van der Waals surface area contributed by atoms with Gasteiger partial charge in [0.05, 0.1) is 43.5 Å². The van der Waals surface area contributed by atoms with E-state index in [0.29, 0.717) is 47.0 Å². The summed E-state index contributed by atoms with van der Waals surface area (Å²) in [6.07, 6.45) is 1.60. The van der Waals surface area contributed by atoms with Crippen molar-refractivity contribution in [2.75, 3.05) is 47.9 Å². The Balaban J connectivity index is 1.34. The molecule has 0 unspecified atom stereocenters. The predicted molar refractivity (Wildman–Crippen MR) is 142 cm³/mol. The van der Waals surface area contributed by atoms with Gasteiger partial charge < -0.3 is 24.1 Å². The Hall–Kier alpha value is -4.02. The van der Waals surface area contributed by atoms with Crippen molar-refractivity contribution in [2.24, 2.45) is 0 Å². The van der Waals surface area contributed by atoms with Crippen LogP contribution in [0.4, 0.5) is 22.0 Å². The Kier molecular flexibility index (Phi) is 6.79. The van der Waals surface area contributed by atoms with Crippen molar-refractivity contribution < 1.29 is 18.7 Å². The molecule has 1 saturated heterocycles. The van der Waals surface area contributed by atoms with E-state index in [-0.39, 0.29) is 0 Å². The van der Waals surface area contributed by atoms with Crippen LogP contribution in [0.25, 0.3) is 22.1 Å². The summed E-state index contributed by atoms with van der Waals surface area (Å²) in [7, 11) is 1.50. The minimum atomic E-state index is -0.478. The molecule has 1 fully saturated rings. The Morgan fingerprint density at radius 2 is 1.89 bits per heavy atom. The number of hydrogen-bond donors (Lipinski definition) is 2. The van der Waals surface area contributed by atoms with Gasteiger partial charge in [0, 0.05) is 30.1 Å². The summed E-state index contributed by atoms with van der Waals surface area (Å²) < 4.78 is 17.5. The molecule has 2 aromatic carbocycles. The number of methoxy groups -OCH3 is 1. The number of aromatic nitrogens is 1. The summed E-state index contributed by atoms with van der Waals surface area (Å²) in [5, 5.41) is 3.58. The van der Waals surface area contributed by atoms with Crippen LogP contribution in [-0.4, -0.2) is 44.4 Å². The molecule has 0 bridgehead atoms. The van der Waals surface area contributed by atoms with Gasteiger partial charge in [-0.05, 0) is 36.4 Å². The third-order valence-corrected chi connectivity index (χ3v) is 6.30. The first-order valence-corrected chi connectivity index (χ1v) is 11.7. The minimum Gasteiger partial charge on any atom is -0.496 e. The molecule has 4 aromatic rings. The summed E-state index contributed by atoms with van der Waals surface area (Å²) in [4.78, 5) is 32.0. The van der Waals surface area contributed by atoms with E-state index >= 15 is 0 Å². The molecule has 0 radical (unpaired) electrons. The molecule has 1 aliphatic rings. The van der Waals surface area contributed by atoms with Gasteiger partial charge in [0.15, 0.2) is 0 Å². The fourth-order valence-corrected chi connectivity index (χ4v) is 4.19. The monoisotopic (exact) mass is 504 g/mol. The first-order valence-electron chi connectivity index (χ1n) is 11.3. The summed E-state index contributed by atoms with van der Waals surface area (Å²) in [5.74, 6) is 1.23. The van der Waals surface area contributed by atoms with Gasteiger partial charge in [-0.25, -0.2) is 18.9 Å². The number of rotatable bonds is 5. The lowest BCUT2D eigenvalue weighted by atomic mass is 10.0. The van der Waals surface area contributed by atoms with E-state index in [1.54, 1.807) is 48.7 Å². The fourth-order valence-electron chi connectivity index (χ4n) is 4.02. The molecule has 0 spiro atoms. The van der Waals surface area contributed by atoms with E-state index in [4.69, 9.17) is 13.9 Å². The van der Waals surface area contributed by atoms with Crippen molar-refractivity contribution in [3.63, 3.8) is 0 Å². The number of carbonyl (C=O) groups excluding carboxylic acids is 1. The highest BCUT2D eigenvalue weighted by molar-refractivity contribution is 7.82. The number of fused-ring (bicyclic) bond motifs is 1. The van der Waals surface area contributed by atoms with Crippen molar-refractivity contribution in [3.05, 3.63) is 77.3 Å². The maximum absolute atomic E-state index is 12.8. The Labute approximate surface area is 212 Å². The lowest BCUT2D eigenvalue weighted by molar-refractivity contribution is 0.122. The number of benzene rings is 2. The fraction of sp³-hybridized carbons (Fsp3) is 0.192. The molecule has 9 nitrogen and oxygen atoms in total. The van der Waals surface area contributed by atoms with E-state index in [9.17, 15) is 9.59 Å². The highest BCUT2D eigenvalue weighted by atomic mass is 32.1. The zero-order chi connectivity index (χ0) is 25.1. The largest absolute Gasteiger partial charge is 0.496 e. The first-order chi connectivity index (χ1) is 17.5. The average molecular weight is 505 g/mol. The van der Waals surface area contributed by atoms with E-state index in [1.807, 2.05) is 18.2 Å². The van der Waals surface area contributed by atoms with Crippen molar-refractivity contribution in [3.8, 4) is 16.9 Å². The number of morpholine rings is 1. The molecule has 2 amide bonds. The number of ether oxygens (including phenoxy) is 2. The first kappa shape index (κ1) is 23.7. The normalized spacial score (nSPS) is 13.4. The van der Waals surface area contributed by atoms with E-state index in [0.717, 1.165) is 28.6 Å². The van der Waals surface area contributed by atoms with Gasteiger partial charge in [0.2, 0.25) is 0 Å². The molecular formula is C26H24N4O5S. The van der Waals surface area contributed by atoms with Crippen LogP contribution in [0.2, 0.25) is 0 Å². The van der Waals surface area contributed by atoms with Gasteiger partial charge >= 0.3 is 11.7 Å². The average Bonchev–Trinajstić information content (AvgIpc) is 2.93. The van der Waals surface area contributed by atoms with Crippen molar-refractivity contribution in [1.82, 2.24) is 4.98 Å². The second-order valence-corrected chi connectivity index (χ2v) is 8.52. The van der Waals surface area contributed by atoms with Gasteiger partial charge in [-0.1, -0.05) is 31.0 Å². The van der Waals surface area contributed by atoms with Gasteiger partial charge in [0.25, 0.3) is 0 Å². The second kappa shape index (κ2) is 10.3. The number of anilines is 3. The number of pyridine rings is 1. The molecule has 1 N–H and O–H groups in total. The number of carbonyl (C=O) groups is 1. The molecule has 0 atom stereocenters. The SMILES string of the molecule is COc1cc(N(S)C(=O)Nc2ccc(N3CCOCC3)nc2)ccc1-c1cc2ccccc2oc1=O. The maximum Gasteiger partial charge on any atom is 0.344 e. The maximum atomic E-state index is 12.8. The number of nitrogens with one attached hydrogen (secondary N) is 1. The second-order valence-electron chi connectivity index (χ2n) is 8.12. The van der Waals surface area contributed by atoms with Gasteiger partial charge in [0.1, 0.15) is 17.2 Å². The summed E-state index contributed by atoms with van der Waals surface area (Å²) >= 11 is 4.37. The zero-order valence-corrected chi connectivity index (χ0v) is 20.4. The molecule has 184 valence electrons. The third kappa shape index (κ3) is 4.86. The quantitative estimate of drug-likeness (QED) is 0.303. The summed E-state index contributed by atoms with van der Waals surface area (Å²) in [6.45, 7) is 2.90. The van der Waals surface area contributed by atoms with E-state index in [1.165, 1.54) is 7.11 Å². The lowest BCUT2D eigenvalue weighted by Crippen LogP contribution is -2.36. The Bertz CT molecular complexity index is 1450. The molecule has 5 rings (SSSR count). The van der Waals surface area contributed by atoms with Crippen LogP contribution in [0.1, 0.15) is 0 Å². The van der Waals surface area contributed by atoms with Crippen molar-refractivity contribution in [2.45, 2.75) is 0 Å². The topological polar surface area (TPSA) is 97.1 Å². The van der Waals surface area contributed by atoms with Crippen LogP contribution in [0.3, 0.4) is 0 Å². The number of urea groups is 1. The number of hydrogen-bond acceptors (Lipinski definition) is 8.